The number of nitrogens with zero attached hydrogens (tertiary/aromatic N) is 1. The van der Waals surface area contributed by atoms with Crippen LogP contribution in [0.2, 0.25) is 0 Å². The molecule has 2 N–H and O–H groups in total. The predicted octanol–water partition coefficient (Wildman–Crippen LogP) is 3.24. The van der Waals surface area contributed by atoms with Gasteiger partial charge >= 0.3 is 0 Å². The normalized spacial score (nSPS) is 13.6. The Bertz CT molecular complexity index is 768. The van der Waals surface area contributed by atoms with Gasteiger partial charge in [-0.3, -0.25) is 25.3 Å². The quantitative estimate of drug-likeness (QED) is 0.741. The van der Waals surface area contributed by atoms with Crippen molar-refractivity contribution in [1.29, 1.82) is 0 Å². The molecular weight excluding hydrogens is 338 g/mol. The summed E-state index contributed by atoms with van der Waals surface area (Å²) in [6.07, 6.45) is 2.24. The molecule has 1 aliphatic carbocycles. The predicted molar refractivity (Wildman–Crippen MR) is 106 cm³/mol. The highest BCUT2D eigenvalue weighted by atomic mass is 16.2. The third kappa shape index (κ3) is 5.66. The Morgan fingerprint density at radius 3 is 2.26 bits per heavy atom. The van der Waals surface area contributed by atoms with Crippen molar-refractivity contribution in [1.82, 2.24) is 15.8 Å². The zero-order chi connectivity index (χ0) is 19.2. The molecule has 0 bridgehead atoms. The molecule has 1 aliphatic rings. The van der Waals surface area contributed by atoms with Crippen molar-refractivity contribution < 1.29 is 9.59 Å². The van der Waals surface area contributed by atoms with Gasteiger partial charge in [0, 0.05) is 18.2 Å². The molecule has 0 atom stereocenters. The first-order valence-electron chi connectivity index (χ1n) is 9.50. The van der Waals surface area contributed by atoms with E-state index in [9.17, 15) is 9.59 Å². The van der Waals surface area contributed by atoms with E-state index in [1.54, 1.807) is 24.3 Å². The minimum atomic E-state index is -0.314. The average molecular weight is 365 g/mol. The molecule has 0 unspecified atom stereocenters. The van der Waals surface area contributed by atoms with E-state index in [0.29, 0.717) is 17.5 Å². The summed E-state index contributed by atoms with van der Waals surface area (Å²) < 4.78 is 0. The van der Waals surface area contributed by atoms with E-state index >= 15 is 0 Å². The molecular formula is C22H27N3O2. The van der Waals surface area contributed by atoms with E-state index < -0.39 is 0 Å². The van der Waals surface area contributed by atoms with Gasteiger partial charge in [0.25, 0.3) is 11.8 Å². The summed E-state index contributed by atoms with van der Waals surface area (Å²) in [6, 6.07) is 17.9. The van der Waals surface area contributed by atoms with Crippen LogP contribution in [0.3, 0.4) is 0 Å². The second kappa shape index (κ2) is 8.82. The molecule has 0 aliphatic heterocycles. The molecule has 27 heavy (non-hydrogen) atoms. The van der Waals surface area contributed by atoms with Crippen molar-refractivity contribution in [2.24, 2.45) is 0 Å². The van der Waals surface area contributed by atoms with E-state index in [0.717, 1.165) is 19.4 Å². The summed E-state index contributed by atoms with van der Waals surface area (Å²) in [4.78, 5) is 26.5. The molecule has 1 saturated carbocycles. The second-order valence-electron chi connectivity index (χ2n) is 7.40. The smallest absolute Gasteiger partial charge is 0.269 e. The number of hydrogen-bond acceptors (Lipinski definition) is 3. The highest BCUT2D eigenvalue weighted by molar-refractivity contribution is 5.95. The average Bonchev–Trinajstić information content (AvgIpc) is 3.52. The van der Waals surface area contributed by atoms with Gasteiger partial charge in [-0.1, -0.05) is 56.3 Å². The first-order chi connectivity index (χ1) is 13.0. The number of rotatable bonds is 7. The Hall–Kier alpha value is -2.66. The Kier molecular flexibility index (Phi) is 6.24. The topological polar surface area (TPSA) is 61.4 Å². The number of amides is 2. The fourth-order valence-electron chi connectivity index (χ4n) is 3.01. The van der Waals surface area contributed by atoms with Crippen LogP contribution in [-0.2, 0) is 11.3 Å². The summed E-state index contributed by atoms with van der Waals surface area (Å²) in [5.41, 5.74) is 8.04. The molecule has 0 aromatic heterocycles. The highest BCUT2D eigenvalue weighted by Gasteiger charge is 2.30. The van der Waals surface area contributed by atoms with Crippen molar-refractivity contribution >= 4 is 11.8 Å². The van der Waals surface area contributed by atoms with Gasteiger partial charge in [0.15, 0.2) is 0 Å². The van der Waals surface area contributed by atoms with Gasteiger partial charge in [-0.25, -0.2) is 0 Å². The van der Waals surface area contributed by atoms with Gasteiger partial charge < -0.3 is 0 Å². The summed E-state index contributed by atoms with van der Waals surface area (Å²) in [5, 5.41) is 0. The number of hydrazine groups is 1. The van der Waals surface area contributed by atoms with Crippen LogP contribution in [-0.4, -0.2) is 29.3 Å². The van der Waals surface area contributed by atoms with Crippen molar-refractivity contribution in [3.05, 3.63) is 71.3 Å². The van der Waals surface area contributed by atoms with Crippen LogP contribution >= 0.6 is 0 Å². The van der Waals surface area contributed by atoms with E-state index in [4.69, 9.17) is 0 Å². The Balaban J connectivity index is 1.51. The van der Waals surface area contributed by atoms with Gasteiger partial charge in [-0.05, 0) is 42.0 Å². The summed E-state index contributed by atoms with van der Waals surface area (Å²) in [6.45, 7) is 5.37. The maximum Gasteiger partial charge on any atom is 0.269 e. The van der Waals surface area contributed by atoms with E-state index in [-0.39, 0.29) is 18.4 Å². The minimum absolute atomic E-state index is 0.204. The second-order valence-corrected chi connectivity index (χ2v) is 7.40. The maximum absolute atomic E-state index is 12.3. The highest BCUT2D eigenvalue weighted by Crippen LogP contribution is 2.28. The molecule has 1 fully saturated rings. The summed E-state index contributed by atoms with van der Waals surface area (Å²) >= 11 is 0. The Labute approximate surface area is 160 Å². The molecule has 5 nitrogen and oxygen atoms in total. The van der Waals surface area contributed by atoms with Gasteiger partial charge in [-0.2, -0.15) is 0 Å². The molecule has 0 saturated heterocycles. The third-order valence-corrected chi connectivity index (χ3v) is 4.79. The molecule has 2 aromatic rings. The zero-order valence-corrected chi connectivity index (χ0v) is 15.9. The van der Waals surface area contributed by atoms with Gasteiger partial charge in [-0.15, -0.1) is 0 Å². The number of carbonyl (C=O) groups excluding carboxylic acids is 2. The first kappa shape index (κ1) is 19.1. The lowest BCUT2D eigenvalue weighted by atomic mass is 10.0. The summed E-state index contributed by atoms with van der Waals surface area (Å²) in [7, 11) is 0. The molecule has 0 heterocycles. The van der Waals surface area contributed by atoms with Gasteiger partial charge in [0.1, 0.15) is 0 Å². The first-order valence-corrected chi connectivity index (χ1v) is 9.50. The fourth-order valence-corrected chi connectivity index (χ4v) is 3.01. The van der Waals surface area contributed by atoms with Crippen LogP contribution in [0.4, 0.5) is 0 Å². The monoisotopic (exact) mass is 365 g/mol. The van der Waals surface area contributed by atoms with Crippen molar-refractivity contribution in [2.75, 3.05) is 6.54 Å². The Morgan fingerprint density at radius 2 is 1.67 bits per heavy atom. The largest absolute Gasteiger partial charge is 0.287 e. The molecule has 0 spiro atoms. The van der Waals surface area contributed by atoms with Crippen molar-refractivity contribution in [2.45, 2.75) is 45.2 Å². The lowest BCUT2D eigenvalue weighted by Gasteiger charge is -2.22. The molecule has 0 radical (unpaired) electrons. The van der Waals surface area contributed by atoms with Gasteiger partial charge in [0.05, 0.1) is 6.54 Å². The zero-order valence-electron chi connectivity index (χ0n) is 15.9. The SMILES string of the molecule is CC(C)c1ccc(CN(CC(=O)NNC(=O)c2ccccc2)C2CC2)cc1. The lowest BCUT2D eigenvalue weighted by molar-refractivity contribution is -0.123. The lowest BCUT2D eigenvalue weighted by Crippen LogP contribution is -2.46. The standard InChI is InChI=1S/C22H27N3O2/c1-16(2)18-10-8-17(9-11-18)14-25(20-12-13-20)15-21(26)23-24-22(27)19-6-4-3-5-7-19/h3-11,16,20H,12-15H2,1-2H3,(H,23,26)(H,24,27). The molecule has 142 valence electrons. The Morgan fingerprint density at radius 1 is 1.00 bits per heavy atom. The van der Waals surface area contributed by atoms with Crippen LogP contribution < -0.4 is 10.9 Å². The van der Waals surface area contributed by atoms with E-state index in [2.05, 4.69) is 53.9 Å². The number of carbonyl (C=O) groups is 2. The molecule has 2 aromatic carbocycles. The fraction of sp³-hybridized carbons (Fsp3) is 0.364. The third-order valence-electron chi connectivity index (χ3n) is 4.79. The number of hydrogen-bond donors (Lipinski definition) is 2. The van der Waals surface area contributed by atoms with Crippen LogP contribution in [0.15, 0.2) is 54.6 Å². The molecule has 3 rings (SSSR count). The van der Waals surface area contributed by atoms with Gasteiger partial charge in [0.2, 0.25) is 0 Å². The number of benzene rings is 2. The van der Waals surface area contributed by atoms with Crippen LogP contribution in [0.1, 0.15) is 54.1 Å². The van der Waals surface area contributed by atoms with E-state index in [1.165, 1.54) is 11.1 Å². The number of nitrogens with one attached hydrogen (secondary N) is 2. The van der Waals surface area contributed by atoms with Crippen molar-refractivity contribution in [3.8, 4) is 0 Å². The minimum Gasteiger partial charge on any atom is -0.287 e. The summed E-state index contributed by atoms with van der Waals surface area (Å²) in [5.74, 6) is -0.00577. The molecule has 2 amide bonds. The van der Waals surface area contributed by atoms with Crippen LogP contribution in [0, 0.1) is 0 Å². The molecule has 5 heteroatoms. The van der Waals surface area contributed by atoms with Crippen molar-refractivity contribution in [3.63, 3.8) is 0 Å². The van der Waals surface area contributed by atoms with E-state index in [1.807, 2.05) is 6.07 Å². The van der Waals surface area contributed by atoms with Crippen LogP contribution in [0.5, 0.6) is 0 Å². The van der Waals surface area contributed by atoms with Crippen LogP contribution in [0.25, 0.3) is 0 Å². The maximum atomic E-state index is 12.3.